The first-order valence-corrected chi connectivity index (χ1v) is 9.80. The van der Waals surface area contributed by atoms with E-state index in [1.165, 1.54) is 12.1 Å². The predicted octanol–water partition coefficient (Wildman–Crippen LogP) is 2.88. The molecule has 2 aromatic carbocycles. The van der Waals surface area contributed by atoms with Crippen molar-refractivity contribution >= 4 is 26.8 Å². The standard InChI is InChI=1S/C18H15FN4O2S/c1-26(24,25)23-18(11-16(22-23)12-2-5-14(19)6-3-12)13-4-7-15-17(10-13)21-9-8-20-15/h2-10,18H,11H2,1H3. The summed E-state index contributed by atoms with van der Waals surface area (Å²) < 4.78 is 38.8. The molecule has 1 unspecified atom stereocenters. The first-order valence-electron chi connectivity index (χ1n) is 7.95. The van der Waals surface area contributed by atoms with Crippen molar-refractivity contribution in [3.63, 3.8) is 0 Å². The third-order valence-electron chi connectivity index (χ3n) is 4.27. The van der Waals surface area contributed by atoms with E-state index < -0.39 is 16.1 Å². The first kappa shape index (κ1) is 16.6. The summed E-state index contributed by atoms with van der Waals surface area (Å²) >= 11 is 0. The van der Waals surface area contributed by atoms with Gasteiger partial charge in [0, 0.05) is 18.8 Å². The van der Waals surface area contributed by atoms with E-state index in [0.717, 1.165) is 21.8 Å². The molecule has 0 N–H and O–H groups in total. The van der Waals surface area contributed by atoms with Gasteiger partial charge in [-0.25, -0.2) is 12.8 Å². The van der Waals surface area contributed by atoms with Crippen LogP contribution < -0.4 is 0 Å². The molecule has 26 heavy (non-hydrogen) atoms. The fourth-order valence-electron chi connectivity index (χ4n) is 3.05. The molecule has 2 heterocycles. The van der Waals surface area contributed by atoms with E-state index in [4.69, 9.17) is 0 Å². The molecule has 1 aliphatic rings. The van der Waals surface area contributed by atoms with Crippen LogP contribution in [0.5, 0.6) is 0 Å². The molecule has 0 spiro atoms. The minimum absolute atomic E-state index is 0.350. The van der Waals surface area contributed by atoms with Gasteiger partial charge in [0.25, 0.3) is 0 Å². The molecular formula is C18H15FN4O2S. The summed E-state index contributed by atoms with van der Waals surface area (Å²) in [5.41, 5.74) is 3.50. The average Bonchev–Trinajstić information content (AvgIpc) is 3.08. The third kappa shape index (κ3) is 3.03. The molecule has 3 aromatic rings. The van der Waals surface area contributed by atoms with Crippen molar-refractivity contribution in [1.82, 2.24) is 14.4 Å². The highest BCUT2D eigenvalue weighted by Gasteiger charge is 2.34. The van der Waals surface area contributed by atoms with Gasteiger partial charge in [0.1, 0.15) is 5.82 Å². The number of hydrazone groups is 1. The van der Waals surface area contributed by atoms with Gasteiger partial charge in [-0.3, -0.25) is 9.97 Å². The average molecular weight is 370 g/mol. The Labute approximate surface area is 150 Å². The second-order valence-corrected chi connectivity index (χ2v) is 7.95. The molecule has 0 saturated heterocycles. The molecule has 0 bridgehead atoms. The number of hydrogen-bond acceptors (Lipinski definition) is 5. The highest BCUT2D eigenvalue weighted by molar-refractivity contribution is 7.88. The Hall–Kier alpha value is -2.87. The number of nitrogens with zero attached hydrogens (tertiary/aromatic N) is 4. The van der Waals surface area contributed by atoms with Gasteiger partial charge in [-0.2, -0.15) is 9.52 Å². The molecule has 0 saturated carbocycles. The van der Waals surface area contributed by atoms with Gasteiger partial charge >= 0.3 is 0 Å². The van der Waals surface area contributed by atoms with Crippen LogP contribution in [0, 0.1) is 5.82 Å². The fourth-order valence-corrected chi connectivity index (χ4v) is 3.95. The molecule has 0 fully saturated rings. The van der Waals surface area contributed by atoms with Crippen LogP contribution in [0.4, 0.5) is 4.39 Å². The van der Waals surface area contributed by atoms with Crippen molar-refractivity contribution < 1.29 is 12.8 Å². The van der Waals surface area contributed by atoms with Crippen LogP contribution in [0.3, 0.4) is 0 Å². The van der Waals surface area contributed by atoms with Crippen molar-refractivity contribution in [3.8, 4) is 0 Å². The summed E-state index contributed by atoms with van der Waals surface area (Å²) in [5.74, 6) is -0.350. The lowest BCUT2D eigenvalue weighted by Gasteiger charge is -2.21. The largest absolute Gasteiger partial charge is 0.253 e. The quantitative estimate of drug-likeness (QED) is 0.710. The minimum Gasteiger partial charge on any atom is -0.253 e. The van der Waals surface area contributed by atoms with Crippen molar-refractivity contribution in [2.75, 3.05) is 6.26 Å². The summed E-state index contributed by atoms with van der Waals surface area (Å²) in [5, 5.41) is 4.30. The second-order valence-electron chi connectivity index (χ2n) is 6.11. The molecule has 8 heteroatoms. The molecule has 1 atom stereocenters. The molecule has 0 radical (unpaired) electrons. The second kappa shape index (κ2) is 6.14. The third-order valence-corrected chi connectivity index (χ3v) is 5.28. The van der Waals surface area contributed by atoms with Gasteiger partial charge in [0.05, 0.1) is 29.0 Å². The van der Waals surface area contributed by atoms with E-state index in [-0.39, 0.29) is 5.82 Å². The molecule has 4 rings (SSSR count). The summed E-state index contributed by atoms with van der Waals surface area (Å²) in [6.07, 6.45) is 4.72. The van der Waals surface area contributed by atoms with Crippen molar-refractivity contribution in [1.29, 1.82) is 0 Å². The fraction of sp³-hybridized carbons (Fsp3) is 0.167. The lowest BCUT2D eigenvalue weighted by molar-refractivity contribution is 0.375. The van der Waals surface area contributed by atoms with Crippen molar-refractivity contribution in [3.05, 3.63) is 71.8 Å². The summed E-state index contributed by atoms with van der Waals surface area (Å²) in [4.78, 5) is 8.51. The highest BCUT2D eigenvalue weighted by atomic mass is 32.2. The Bertz CT molecular complexity index is 1110. The lowest BCUT2D eigenvalue weighted by Crippen LogP contribution is -2.25. The Morgan fingerprint density at radius 2 is 1.73 bits per heavy atom. The zero-order chi connectivity index (χ0) is 18.3. The highest BCUT2D eigenvalue weighted by Crippen LogP contribution is 2.35. The van der Waals surface area contributed by atoms with Crippen LogP contribution in [-0.2, 0) is 10.0 Å². The topological polar surface area (TPSA) is 75.5 Å². The molecule has 0 amide bonds. The monoisotopic (exact) mass is 370 g/mol. The molecule has 1 aromatic heterocycles. The Morgan fingerprint density at radius 3 is 2.42 bits per heavy atom. The summed E-state index contributed by atoms with van der Waals surface area (Å²) in [7, 11) is -3.57. The van der Waals surface area contributed by atoms with Gasteiger partial charge < -0.3 is 0 Å². The maximum Gasteiger partial charge on any atom is 0.247 e. The van der Waals surface area contributed by atoms with Crippen molar-refractivity contribution in [2.24, 2.45) is 5.10 Å². The maximum absolute atomic E-state index is 13.2. The number of aromatic nitrogens is 2. The number of fused-ring (bicyclic) bond motifs is 1. The number of benzene rings is 2. The van der Waals surface area contributed by atoms with Crippen LogP contribution in [0.25, 0.3) is 11.0 Å². The Morgan fingerprint density at radius 1 is 1.04 bits per heavy atom. The smallest absolute Gasteiger partial charge is 0.247 e. The summed E-state index contributed by atoms with van der Waals surface area (Å²) in [6.45, 7) is 0. The summed E-state index contributed by atoms with van der Waals surface area (Å²) in [6, 6.07) is 10.9. The van der Waals surface area contributed by atoms with E-state index in [2.05, 4.69) is 15.1 Å². The molecule has 0 aliphatic carbocycles. The molecular weight excluding hydrogens is 355 g/mol. The van der Waals surface area contributed by atoms with Crippen LogP contribution in [0.15, 0.2) is 60.0 Å². The normalized spacial score (nSPS) is 17.5. The van der Waals surface area contributed by atoms with E-state index in [1.807, 2.05) is 18.2 Å². The van der Waals surface area contributed by atoms with Crippen molar-refractivity contribution in [2.45, 2.75) is 12.5 Å². The Kier molecular flexibility index (Phi) is 3.91. The van der Waals surface area contributed by atoms with Crippen LogP contribution in [0.2, 0.25) is 0 Å². The van der Waals surface area contributed by atoms with Crippen LogP contribution >= 0.6 is 0 Å². The molecule has 6 nitrogen and oxygen atoms in total. The minimum atomic E-state index is -3.57. The predicted molar refractivity (Wildman–Crippen MR) is 96.5 cm³/mol. The van der Waals surface area contributed by atoms with Gasteiger partial charge in [0.15, 0.2) is 0 Å². The SMILES string of the molecule is CS(=O)(=O)N1N=C(c2ccc(F)cc2)CC1c1ccc2nccnc2c1. The number of hydrogen-bond donors (Lipinski definition) is 0. The van der Waals surface area contributed by atoms with E-state index in [9.17, 15) is 12.8 Å². The van der Waals surface area contributed by atoms with E-state index in [1.54, 1.807) is 24.5 Å². The van der Waals surface area contributed by atoms with Gasteiger partial charge in [-0.1, -0.05) is 18.2 Å². The van der Waals surface area contributed by atoms with Gasteiger partial charge in [-0.15, -0.1) is 0 Å². The number of rotatable bonds is 3. The zero-order valence-corrected chi connectivity index (χ0v) is 14.7. The van der Waals surface area contributed by atoms with E-state index >= 15 is 0 Å². The number of halogens is 1. The van der Waals surface area contributed by atoms with Crippen LogP contribution in [-0.4, -0.2) is 34.8 Å². The number of sulfonamides is 1. The van der Waals surface area contributed by atoms with E-state index in [0.29, 0.717) is 23.2 Å². The first-order chi connectivity index (χ1) is 12.4. The molecule has 1 aliphatic heterocycles. The lowest BCUT2D eigenvalue weighted by atomic mass is 9.99. The maximum atomic E-state index is 13.2. The molecule has 132 valence electrons. The van der Waals surface area contributed by atoms with Gasteiger partial charge in [-0.05, 0) is 35.4 Å². The zero-order valence-electron chi connectivity index (χ0n) is 13.9. The Balaban J connectivity index is 1.76. The van der Waals surface area contributed by atoms with Crippen LogP contribution in [0.1, 0.15) is 23.6 Å². The van der Waals surface area contributed by atoms with Gasteiger partial charge in [0.2, 0.25) is 10.0 Å².